The molecule has 1 aromatic carbocycles. The van der Waals surface area contributed by atoms with E-state index >= 15 is 0 Å². The highest BCUT2D eigenvalue weighted by Crippen LogP contribution is 2.10. The molecule has 1 aromatic heterocycles. The van der Waals surface area contributed by atoms with Crippen LogP contribution < -0.4 is 16.0 Å². The molecule has 0 fully saturated rings. The van der Waals surface area contributed by atoms with E-state index in [1.54, 1.807) is 6.07 Å². The number of hydrogen-bond acceptors (Lipinski definition) is 3. The lowest BCUT2D eigenvalue weighted by molar-refractivity contribution is -0.116. The number of nitrogens with one attached hydrogen (secondary N) is 3. The highest BCUT2D eigenvalue weighted by molar-refractivity contribution is 14.0. The second-order valence-electron chi connectivity index (χ2n) is 6.21. The summed E-state index contributed by atoms with van der Waals surface area (Å²) in [5.41, 5.74) is 3.41. The number of halogens is 1. The van der Waals surface area contributed by atoms with E-state index in [0.717, 1.165) is 18.7 Å². The molecule has 6 nitrogen and oxygen atoms in total. The van der Waals surface area contributed by atoms with Gasteiger partial charge in [0.2, 0.25) is 5.91 Å². The lowest BCUT2D eigenvalue weighted by atomic mass is 10.1. The summed E-state index contributed by atoms with van der Waals surface area (Å²) in [4.78, 5) is 21.0. The zero-order chi connectivity index (χ0) is 19.5. The van der Waals surface area contributed by atoms with Crippen LogP contribution in [0, 0.1) is 6.92 Å². The Morgan fingerprint density at radius 3 is 2.46 bits per heavy atom. The summed E-state index contributed by atoms with van der Waals surface area (Å²) >= 11 is 0. The second-order valence-corrected chi connectivity index (χ2v) is 6.21. The van der Waals surface area contributed by atoms with Gasteiger partial charge in [-0.05, 0) is 43.5 Å². The standard InChI is InChI=1S/C21H29N5O.HI/c1-4-17-10-6-7-11-18(17)15-24-21(22-5-2)23-14-13-20(27)26-19-12-8-9-16(3)25-19;/h6-12H,4-5,13-15H2,1-3H3,(H2,22,23,24)(H,25,26,27);1H. The number of pyridine rings is 1. The third-order valence-electron chi connectivity index (χ3n) is 4.05. The van der Waals surface area contributed by atoms with Crippen LogP contribution in [0.1, 0.15) is 37.1 Å². The Bertz CT molecular complexity index is 779. The van der Waals surface area contributed by atoms with Crippen LogP contribution in [0.5, 0.6) is 0 Å². The van der Waals surface area contributed by atoms with Crippen molar-refractivity contribution in [2.45, 2.75) is 40.2 Å². The van der Waals surface area contributed by atoms with Crippen molar-refractivity contribution in [3.63, 3.8) is 0 Å². The topological polar surface area (TPSA) is 78.4 Å². The third kappa shape index (κ3) is 8.24. The van der Waals surface area contributed by atoms with Gasteiger partial charge in [0.25, 0.3) is 0 Å². The molecule has 1 amide bonds. The van der Waals surface area contributed by atoms with Crippen molar-refractivity contribution in [3.8, 4) is 0 Å². The van der Waals surface area contributed by atoms with Crippen molar-refractivity contribution in [3.05, 3.63) is 59.3 Å². The summed E-state index contributed by atoms with van der Waals surface area (Å²) in [6, 6.07) is 13.9. The lowest BCUT2D eigenvalue weighted by Gasteiger charge is -2.12. The first-order valence-electron chi connectivity index (χ1n) is 9.44. The quantitative estimate of drug-likeness (QED) is 0.297. The Morgan fingerprint density at radius 1 is 1.04 bits per heavy atom. The molecule has 1 heterocycles. The summed E-state index contributed by atoms with van der Waals surface area (Å²) in [6.07, 6.45) is 1.33. The Balaban J connectivity index is 0.00000392. The molecule has 28 heavy (non-hydrogen) atoms. The molecule has 0 bridgehead atoms. The second kappa shape index (κ2) is 13.1. The minimum Gasteiger partial charge on any atom is -0.357 e. The summed E-state index contributed by atoms with van der Waals surface area (Å²) in [5, 5.41) is 9.24. The molecule has 3 N–H and O–H groups in total. The van der Waals surface area contributed by atoms with Crippen molar-refractivity contribution >= 4 is 41.7 Å². The number of aryl methyl sites for hydroxylation is 2. The molecule has 0 aliphatic rings. The molecule has 0 saturated heterocycles. The molecule has 0 aliphatic carbocycles. The average Bonchev–Trinajstić information content (AvgIpc) is 2.66. The fourth-order valence-electron chi connectivity index (χ4n) is 2.68. The number of guanidine groups is 1. The number of anilines is 1. The predicted molar refractivity (Wildman–Crippen MR) is 126 cm³/mol. The van der Waals surface area contributed by atoms with E-state index in [0.29, 0.717) is 31.3 Å². The van der Waals surface area contributed by atoms with Crippen LogP contribution in [0.3, 0.4) is 0 Å². The van der Waals surface area contributed by atoms with Gasteiger partial charge in [0.05, 0.1) is 6.54 Å². The van der Waals surface area contributed by atoms with E-state index in [1.807, 2.05) is 32.0 Å². The fraction of sp³-hybridized carbons (Fsp3) is 0.381. The number of carbonyl (C=O) groups is 1. The number of nitrogens with zero attached hydrogens (tertiary/aromatic N) is 2. The lowest BCUT2D eigenvalue weighted by Crippen LogP contribution is -2.38. The predicted octanol–water partition coefficient (Wildman–Crippen LogP) is 3.65. The Morgan fingerprint density at radius 2 is 1.79 bits per heavy atom. The van der Waals surface area contributed by atoms with Crippen molar-refractivity contribution in [2.24, 2.45) is 4.99 Å². The maximum absolute atomic E-state index is 12.1. The third-order valence-corrected chi connectivity index (χ3v) is 4.05. The van der Waals surface area contributed by atoms with Crippen molar-refractivity contribution in [2.75, 3.05) is 18.4 Å². The molecule has 0 saturated carbocycles. The number of benzene rings is 1. The molecule has 0 spiro atoms. The van der Waals surface area contributed by atoms with Gasteiger partial charge in [-0.15, -0.1) is 24.0 Å². The monoisotopic (exact) mass is 495 g/mol. The van der Waals surface area contributed by atoms with Gasteiger partial charge in [-0.25, -0.2) is 9.98 Å². The van der Waals surface area contributed by atoms with Gasteiger partial charge in [-0.1, -0.05) is 37.3 Å². The normalized spacial score (nSPS) is 10.8. The number of carbonyl (C=O) groups excluding carboxylic acids is 1. The van der Waals surface area contributed by atoms with Crippen molar-refractivity contribution in [1.29, 1.82) is 0 Å². The van der Waals surface area contributed by atoms with Crippen LogP contribution in [0.4, 0.5) is 5.82 Å². The molecule has 0 atom stereocenters. The molecule has 152 valence electrons. The van der Waals surface area contributed by atoms with Crippen LogP contribution in [0.25, 0.3) is 0 Å². The molecule has 0 unspecified atom stereocenters. The van der Waals surface area contributed by atoms with E-state index in [4.69, 9.17) is 0 Å². The van der Waals surface area contributed by atoms with Crippen LogP contribution in [-0.2, 0) is 17.8 Å². The van der Waals surface area contributed by atoms with Crippen molar-refractivity contribution in [1.82, 2.24) is 15.6 Å². The van der Waals surface area contributed by atoms with Crippen LogP contribution in [-0.4, -0.2) is 29.9 Å². The molecule has 0 radical (unpaired) electrons. The van der Waals surface area contributed by atoms with E-state index in [1.165, 1.54) is 11.1 Å². The first kappa shape index (κ1) is 23.9. The van der Waals surface area contributed by atoms with E-state index < -0.39 is 0 Å². The van der Waals surface area contributed by atoms with E-state index in [-0.39, 0.29) is 29.9 Å². The van der Waals surface area contributed by atoms with Crippen LogP contribution in [0.15, 0.2) is 47.5 Å². The molecule has 2 aromatic rings. The van der Waals surface area contributed by atoms with Crippen LogP contribution in [0.2, 0.25) is 0 Å². The van der Waals surface area contributed by atoms with Gasteiger partial charge >= 0.3 is 0 Å². The van der Waals surface area contributed by atoms with Crippen LogP contribution >= 0.6 is 24.0 Å². The Labute approximate surface area is 184 Å². The molecular weight excluding hydrogens is 465 g/mol. The largest absolute Gasteiger partial charge is 0.357 e. The number of aromatic nitrogens is 1. The minimum atomic E-state index is -0.0761. The van der Waals surface area contributed by atoms with Gasteiger partial charge in [0, 0.05) is 25.2 Å². The highest BCUT2D eigenvalue weighted by atomic mass is 127. The first-order valence-corrected chi connectivity index (χ1v) is 9.44. The van der Waals surface area contributed by atoms with Crippen molar-refractivity contribution < 1.29 is 4.79 Å². The Hall–Kier alpha value is -2.16. The smallest absolute Gasteiger partial charge is 0.227 e. The summed E-state index contributed by atoms with van der Waals surface area (Å²) in [7, 11) is 0. The minimum absolute atomic E-state index is 0. The number of rotatable bonds is 8. The fourth-order valence-corrected chi connectivity index (χ4v) is 2.68. The SMILES string of the molecule is CCNC(=NCc1ccccc1CC)NCCC(=O)Nc1cccc(C)n1.I. The highest BCUT2D eigenvalue weighted by Gasteiger charge is 2.05. The zero-order valence-corrected chi connectivity index (χ0v) is 19.1. The molecule has 2 rings (SSSR count). The van der Waals surface area contributed by atoms with E-state index in [2.05, 4.69) is 51.0 Å². The summed E-state index contributed by atoms with van der Waals surface area (Å²) < 4.78 is 0. The van der Waals surface area contributed by atoms with Gasteiger partial charge in [-0.3, -0.25) is 4.79 Å². The number of amides is 1. The maximum atomic E-state index is 12.1. The van der Waals surface area contributed by atoms with Gasteiger partial charge in [-0.2, -0.15) is 0 Å². The maximum Gasteiger partial charge on any atom is 0.227 e. The number of aliphatic imine (C=N–C) groups is 1. The van der Waals surface area contributed by atoms with E-state index in [9.17, 15) is 4.79 Å². The number of hydrogen-bond donors (Lipinski definition) is 3. The van der Waals surface area contributed by atoms with Gasteiger partial charge in [0.15, 0.2) is 5.96 Å². The molecular formula is C21H30IN5O. The van der Waals surface area contributed by atoms with Gasteiger partial charge in [0.1, 0.15) is 5.82 Å². The molecule has 7 heteroatoms. The van der Waals surface area contributed by atoms with Gasteiger partial charge < -0.3 is 16.0 Å². The summed E-state index contributed by atoms with van der Waals surface area (Å²) in [6.45, 7) is 7.94. The summed E-state index contributed by atoms with van der Waals surface area (Å²) in [5.74, 6) is 1.22. The molecule has 0 aliphatic heterocycles. The Kier molecular flexibility index (Phi) is 11.2. The average molecular weight is 495 g/mol. The first-order chi connectivity index (χ1) is 13.1. The zero-order valence-electron chi connectivity index (χ0n) is 16.8.